The number of rotatable bonds is 4. The monoisotopic (exact) mass is 232 g/mol. The predicted molar refractivity (Wildman–Crippen MR) is 44.6 cm³/mol. The van der Waals surface area contributed by atoms with Crippen LogP contribution in [0.3, 0.4) is 0 Å². The largest absolute Gasteiger partial charge is 0.481 e. The smallest absolute Gasteiger partial charge is 0.322 e. The standard InChI is InChI=1S/C8H8O8/c9-4(10)2-1-3(5(11)12)8(2,6(13)14)7(15)16/h2-3H,1H2,(H,9,10)(H,11,12)(H,13,14)(H,15,16)/t2-,3-/m0/s1. The maximum Gasteiger partial charge on any atom is 0.322 e. The van der Waals surface area contributed by atoms with E-state index in [1.807, 2.05) is 0 Å². The number of hydrogen-bond donors (Lipinski definition) is 4. The van der Waals surface area contributed by atoms with Crippen LogP contribution in [0.4, 0.5) is 0 Å². The molecule has 0 unspecified atom stereocenters. The van der Waals surface area contributed by atoms with E-state index in [1.54, 1.807) is 0 Å². The molecule has 88 valence electrons. The summed E-state index contributed by atoms with van der Waals surface area (Å²) in [5.74, 6) is -10.6. The zero-order valence-electron chi connectivity index (χ0n) is 7.78. The normalized spacial score (nSPS) is 26.5. The molecule has 1 aliphatic rings. The van der Waals surface area contributed by atoms with E-state index >= 15 is 0 Å². The van der Waals surface area contributed by atoms with Gasteiger partial charge in [0.1, 0.15) is 0 Å². The summed E-state index contributed by atoms with van der Waals surface area (Å²) in [6.45, 7) is 0. The Kier molecular flexibility index (Phi) is 2.59. The lowest BCUT2D eigenvalue weighted by Gasteiger charge is -2.44. The SMILES string of the molecule is O=C(O)[C@@H]1C[C@@H](C(=O)O)C1(C(=O)O)C(=O)O. The highest BCUT2D eigenvalue weighted by Crippen LogP contribution is 2.52. The summed E-state index contributed by atoms with van der Waals surface area (Å²) in [6, 6.07) is 0. The Bertz CT molecular complexity index is 347. The molecule has 0 radical (unpaired) electrons. The molecule has 0 bridgehead atoms. The van der Waals surface area contributed by atoms with Crippen molar-refractivity contribution in [1.29, 1.82) is 0 Å². The second-order valence-corrected chi connectivity index (χ2v) is 3.50. The average Bonchev–Trinajstić information content (AvgIpc) is 1.97. The van der Waals surface area contributed by atoms with Crippen LogP contribution in [0.2, 0.25) is 0 Å². The van der Waals surface area contributed by atoms with Crippen LogP contribution in [0.25, 0.3) is 0 Å². The molecule has 0 spiro atoms. The van der Waals surface area contributed by atoms with Crippen LogP contribution in [-0.2, 0) is 19.2 Å². The molecule has 2 atom stereocenters. The van der Waals surface area contributed by atoms with Crippen molar-refractivity contribution in [3.63, 3.8) is 0 Å². The van der Waals surface area contributed by atoms with Gasteiger partial charge in [0, 0.05) is 0 Å². The topological polar surface area (TPSA) is 149 Å². The van der Waals surface area contributed by atoms with Gasteiger partial charge in [-0.15, -0.1) is 0 Å². The Labute approximate surface area is 88.1 Å². The summed E-state index contributed by atoms with van der Waals surface area (Å²) in [4.78, 5) is 43.0. The summed E-state index contributed by atoms with van der Waals surface area (Å²) in [6.07, 6.45) is -0.497. The highest BCUT2D eigenvalue weighted by Gasteiger charge is 2.71. The summed E-state index contributed by atoms with van der Waals surface area (Å²) in [5.41, 5.74) is -2.77. The van der Waals surface area contributed by atoms with Gasteiger partial charge < -0.3 is 20.4 Å². The zero-order chi connectivity index (χ0) is 12.7. The molecular weight excluding hydrogens is 224 g/mol. The molecule has 16 heavy (non-hydrogen) atoms. The first-order chi connectivity index (χ1) is 7.26. The number of carboxylic acid groups (broad SMARTS) is 4. The van der Waals surface area contributed by atoms with E-state index in [0.29, 0.717) is 0 Å². The quantitative estimate of drug-likeness (QED) is 0.448. The van der Waals surface area contributed by atoms with E-state index in [0.717, 1.165) is 0 Å². The average molecular weight is 232 g/mol. The van der Waals surface area contributed by atoms with Crippen LogP contribution < -0.4 is 0 Å². The summed E-state index contributed by atoms with van der Waals surface area (Å²) < 4.78 is 0. The molecule has 1 rings (SSSR count). The number of carboxylic acids is 4. The first-order valence-corrected chi connectivity index (χ1v) is 4.18. The fraction of sp³-hybridized carbons (Fsp3) is 0.500. The third-order valence-corrected chi connectivity index (χ3v) is 2.87. The fourth-order valence-corrected chi connectivity index (χ4v) is 1.97. The minimum absolute atomic E-state index is 0.497. The van der Waals surface area contributed by atoms with Crippen LogP contribution in [0.5, 0.6) is 0 Å². The molecule has 0 aromatic carbocycles. The maximum absolute atomic E-state index is 10.9. The first-order valence-electron chi connectivity index (χ1n) is 4.18. The van der Waals surface area contributed by atoms with Crippen LogP contribution in [-0.4, -0.2) is 44.3 Å². The number of carbonyl (C=O) groups is 4. The highest BCUT2D eigenvalue weighted by atomic mass is 16.4. The molecule has 0 aromatic rings. The van der Waals surface area contributed by atoms with Crippen LogP contribution in [0, 0.1) is 17.3 Å². The summed E-state index contributed by atoms with van der Waals surface area (Å²) >= 11 is 0. The number of aliphatic carboxylic acids is 4. The third-order valence-electron chi connectivity index (χ3n) is 2.87. The predicted octanol–water partition coefficient (Wildman–Crippen LogP) is -1.05. The summed E-state index contributed by atoms with van der Waals surface area (Å²) in [7, 11) is 0. The van der Waals surface area contributed by atoms with Crippen LogP contribution >= 0.6 is 0 Å². The lowest BCUT2D eigenvalue weighted by molar-refractivity contribution is -0.202. The van der Waals surface area contributed by atoms with Crippen molar-refractivity contribution in [2.75, 3.05) is 0 Å². The zero-order valence-corrected chi connectivity index (χ0v) is 7.78. The van der Waals surface area contributed by atoms with E-state index < -0.39 is 47.5 Å². The van der Waals surface area contributed by atoms with Crippen molar-refractivity contribution >= 4 is 23.9 Å². The molecule has 0 heterocycles. The molecule has 1 saturated carbocycles. The van der Waals surface area contributed by atoms with Gasteiger partial charge in [-0.05, 0) is 6.42 Å². The molecule has 1 aliphatic carbocycles. The lowest BCUT2D eigenvalue weighted by Crippen LogP contribution is -2.64. The van der Waals surface area contributed by atoms with E-state index in [1.165, 1.54) is 0 Å². The van der Waals surface area contributed by atoms with E-state index in [9.17, 15) is 19.2 Å². The molecule has 0 saturated heterocycles. The Balaban J connectivity index is 3.26. The Hall–Kier alpha value is -2.12. The lowest BCUT2D eigenvalue weighted by atomic mass is 9.52. The Morgan fingerprint density at radius 1 is 0.812 bits per heavy atom. The van der Waals surface area contributed by atoms with Gasteiger partial charge in [-0.2, -0.15) is 0 Å². The first kappa shape index (κ1) is 12.0. The van der Waals surface area contributed by atoms with Gasteiger partial charge in [0.05, 0.1) is 11.8 Å². The van der Waals surface area contributed by atoms with Crippen molar-refractivity contribution in [1.82, 2.24) is 0 Å². The van der Waals surface area contributed by atoms with Crippen LogP contribution in [0.15, 0.2) is 0 Å². The second kappa shape index (κ2) is 3.47. The Morgan fingerprint density at radius 2 is 1.12 bits per heavy atom. The van der Waals surface area contributed by atoms with Crippen molar-refractivity contribution in [2.45, 2.75) is 6.42 Å². The van der Waals surface area contributed by atoms with Gasteiger partial charge in [-0.1, -0.05) is 0 Å². The van der Waals surface area contributed by atoms with Crippen molar-refractivity contribution in [3.8, 4) is 0 Å². The van der Waals surface area contributed by atoms with E-state index in [4.69, 9.17) is 20.4 Å². The molecule has 8 nitrogen and oxygen atoms in total. The fourth-order valence-electron chi connectivity index (χ4n) is 1.97. The van der Waals surface area contributed by atoms with Gasteiger partial charge >= 0.3 is 23.9 Å². The van der Waals surface area contributed by atoms with Crippen molar-refractivity contribution in [2.24, 2.45) is 17.3 Å². The van der Waals surface area contributed by atoms with Gasteiger partial charge in [0.2, 0.25) is 0 Å². The van der Waals surface area contributed by atoms with Gasteiger partial charge in [0.15, 0.2) is 5.41 Å². The highest BCUT2D eigenvalue weighted by molar-refractivity contribution is 6.08. The molecule has 8 heteroatoms. The minimum atomic E-state index is -2.77. The maximum atomic E-state index is 10.9. The third kappa shape index (κ3) is 1.23. The minimum Gasteiger partial charge on any atom is -0.481 e. The molecule has 0 amide bonds. The van der Waals surface area contributed by atoms with E-state index in [2.05, 4.69) is 0 Å². The van der Waals surface area contributed by atoms with Gasteiger partial charge in [-0.3, -0.25) is 19.2 Å². The summed E-state index contributed by atoms with van der Waals surface area (Å²) in [5, 5.41) is 34.9. The van der Waals surface area contributed by atoms with E-state index in [-0.39, 0.29) is 0 Å². The molecular formula is C8H8O8. The second-order valence-electron chi connectivity index (χ2n) is 3.50. The van der Waals surface area contributed by atoms with Gasteiger partial charge in [-0.25, -0.2) is 0 Å². The van der Waals surface area contributed by atoms with Gasteiger partial charge in [0.25, 0.3) is 0 Å². The number of hydrogen-bond acceptors (Lipinski definition) is 4. The Morgan fingerprint density at radius 3 is 1.31 bits per heavy atom. The molecule has 4 N–H and O–H groups in total. The molecule has 0 aliphatic heterocycles. The van der Waals surface area contributed by atoms with Crippen LogP contribution in [0.1, 0.15) is 6.42 Å². The van der Waals surface area contributed by atoms with Crippen molar-refractivity contribution < 1.29 is 39.6 Å². The van der Waals surface area contributed by atoms with Crippen molar-refractivity contribution in [3.05, 3.63) is 0 Å². The molecule has 0 aromatic heterocycles. The molecule has 1 fully saturated rings.